The number of nitro groups is 1. The van der Waals surface area contributed by atoms with E-state index in [0.717, 1.165) is 17.6 Å². The number of aromatic nitrogens is 2. The predicted octanol–water partition coefficient (Wildman–Crippen LogP) is 3.30. The number of hydrogen-bond donors (Lipinski definition) is 2. The summed E-state index contributed by atoms with van der Waals surface area (Å²) in [6.45, 7) is 1.87. The second-order valence-electron chi connectivity index (χ2n) is 6.65. The first-order valence-electron chi connectivity index (χ1n) is 8.81. The van der Waals surface area contributed by atoms with Gasteiger partial charge in [0.05, 0.1) is 9.82 Å². The summed E-state index contributed by atoms with van der Waals surface area (Å²) in [5.41, 5.74) is 1.49. The van der Waals surface area contributed by atoms with Gasteiger partial charge in [0.15, 0.2) is 0 Å². The van der Waals surface area contributed by atoms with E-state index in [2.05, 4.69) is 20.0 Å². The van der Waals surface area contributed by atoms with Crippen molar-refractivity contribution in [2.45, 2.75) is 11.8 Å². The van der Waals surface area contributed by atoms with Crippen LogP contribution in [0.15, 0.2) is 59.5 Å². The van der Waals surface area contributed by atoms with Gasteiger partial charge in [-0.3, -0.25) is 14.8 Å². The molecule has 0 amide bonds. The SMILES string of the molecule is Cc1cc(N(C)C)nc(Nc2ccc(NS(=O)(=O)c3cccc([N+](=O)[O-])c3)cc2)n1. The molecule has 0 unspecified atom stereocenters. The molecule has 1 heterocycles. The van der Waals surface area contributed by atoms with Gasteiger partial charge in [-0.2, -0.15) is 4.98 Å². The van der Waals surface area contributed by atoms with Crippen LogP contribution < -0.4 is 14.9 Å². The number of nitrogens with zero attached hydrogens (tertiary/aromatic N) is 4. The molecule has 0 fully saturated rings. The van der Waals surface area contributed by atoms with Crippen LogP contribution in [0.1, 0.15) is 5.69 Å². The molecule has 0 bridgehead atoms. The van der Waals surface area contributed by atoms with E-state index in [1.165, 1.54) is 18.2 Å². The minimum atomic E-state index is -3.97. The van der Waals surface area contributed by atoms with Crippen LogP contribution in [0, 0.1) is 17.0 Å². The van der Waals surface area contributed by atoms with E-state index in [-0.39, 0.29) is 10.6 Å². The second-order valence-corrected chi connectivity index (χ2v) is 8.33. The summed E-state index contributed by atoms with van der Waals surface area (Å²) in [7, 11) is -0.201. The standard InChI is InChI=1S/C19H20N6O4S/c1-13-11-18(24(2)3)22-19(20-13)21-14-7-9-15(10-8-14)23-30(28,29)17-6-4-5-16(12-17)25(26)27/h4-12,23H,1-3H3,(H,20,21,22). The van der Waals surface area contributed by atoms with Crippen LogP contribution in [0.3, 0.4) is 0 Å². The van der Waals surface area contributed by atoms with Crippen molar-refractivity contribution >= 4 is 38.9 Å². The highest BCUT2D eigenvalue weighted by Crippen LogP contribution is 2.23. The number of anilines is 4. The summed E-state index contributed by atoms with van der Waals surface area (Å²) in [6.07, 6.45) is 0. The Morgan fingerprint density at radius 1 is 1.00 bits per heavy atom. The molecule has 2 aromatic carbocycles. The fraction of sp³-hybridized carbons (Fsp3) is 0.158. The van der Waals surface area contributed by atoms with Gasteiger partial charge in [0, 0.05) is 49.4 Å². The van der Waals surface area contributed by atoms with E-state index in [4.69, 9.17) is 0 Å². The summed E-state index contributed by atoms with van der Waals surface area (Å²) >= 11 is 0. The first-order chi connectivity index (χ1) is 14.1. The molecule has 10 nitrogen and oxygen atoms in total. The van der Waals surface area contributed by atoms with E-state index >= 15 is 0 Å². The molecule has 30 heavy (non-hydrogen) atoms. The van der Waals surface area contributed by atoms with Crippen LogP contribution in [0.2, 0.25) is 0 Å². The zero-order valence-electron chi connectivity index (χ0n) is 16.5. The number of nitrogens with one attached hydrogen (secondary N) is 2. The maximum Gasteiger partial charge on any atom is 0.270 e. The lowest BCUT2D eigenvalue weighted by atomic mass is 10.3. The van der Waals surface area contributed by atoms with Crippen LogP contribution >= 0.6 is 0 Å². The highest BCUT2D eigenvalue weighted by molar-refractivity contribution is 7.92. The molecule has 0 radical (unpaired) electrons. The average Bonchev–Trinajstić information content (AvgIpc) is 2.69. The Balaban J connectivity index is 1.76. The first kappa shape index (κ1) is 21.0. The van der Waals surface area contributed by atoms with Crippen LogP contribution in [0.4, 0.5) is 28.8 Å². The summed E-state index contributed by atoms with van der Waals surface area (Å²) in [5, 5.41) is 14.0. The summed E-state index contributed by atoms with van der Waals surface area (Å²) in [6, 6.07) is 13.2. The van der Waals surface area contributed by atoms with Crippen molar-refractivity contribution in [1.82, 2.24) is 9.97 Å². The van der Waals surface area contributed by atoms with E-state index < -0.39 is 14.9 Å². The van der Waals surface area contributed by atoms with Crippen LogP contribution in [-0.4, -0.2) is 37.4 Å². The van der Waals surface area contributed by atoms with E-state index in [0.29, 0.717) is 17.3 Å². The zero-order chi connectivity index (χ0) is 21.9. The number of hydrogen-bond acceptors (Lipinski definition) is 8. The number of benzene rings is 2. The van der Waals surface area contributed by atoms with Crippen LogP contribution in [0.25, 0.3) is 0 Å². The number of non-ortho nitro benzene ring substituents is 1. The molecule has 3 rings (SSSR count). The topological polar surface area (TPSA) is 130 Å². The lowest BCUT2D eigenvalue weighted by Gasteiger charge is -2.14. The minimum Gasteiger partial charge on any atom is -0.363 e. The predicted molar refractivity (Wildman–Crippen MR) is 115 cm³/mol. The van der Waals surface area contributed by atoms with Gasteiger partial charge < -0.3 is 10.2 Å². The van der Waals surface area contributed by atoms with Gasteiger partial charge in [-0.1, -0.05) is 6.07 Å². The Labute approximate surface area is 173 Å². The van der Waals surface area contributed by atoms with E-state index in [1.807, 2.05) is 32.0 Å². The Bertz CT molecular complexity index is 1180. The van der Waals surface area contributed by atoms with Crippen molar-refractivity contribution < 1.29 is 13.3 Å². The third-order valence-electron chi connectivity index (χ3n) is 4.03. The Morgan fingerprint density at radius 3 is 2.30 bits per heavy atom. The molecule has 0 aliphatic heterocycles. The van der Waals surface area contributed by atoms with Gasteiger partial charge in [-0.25, -0.2) is 13.4 Å². The third kappa shape index (κ3) is 5.00. The van der Waals surface area contributed by atoms with Crippen molar-refractivity contribution in [2.75, 3.05) is 29.0 Å². The molecule has 0 spiro atoms. The van der Waals surface area contributed by atoms with Gasteiger partial charge in [0.25, 0.3) is 15.7 Å². The van der Waals surface area contributed by atoms with Crippen molar-refractivity contribution in [1.29, 1.82) is 0 Å². The maximum absolute atomic E-state index is 12.5. The highest BCUT2D eigenvalue weighted by atomic mass is 32.2. The van der Waals surface area contributed by atoms with Gasteiger partial charge in [0.1, 0.15) is 5.82 Å². The highest BCUT2D eigenvalue weighted by Gasteiger charge is 2.17. The minimum absolute atomic E-state index is 0.191. The molecular formula is C19H20N6O4S. The molecule has 3 aromatic rings. The summed E-state index contributed by atoms with van der Waals surface area (Å²) < 4.78 is 27.4. The monoisotopic (exact) mass is 428 g/mol. The lowest BCUT2D eigenvalue weighted by molar-refractivity contribution is -0.385. The number of aryl methyl sites for hydroxylation is 1. The Kier molecular flexibility index (Phi) is 5.83. The van der Waals surface area contributed by atoms with Gasteiger partial charge in [-0.15, -0.1) is 0 Å². The molecule has 0 saturated carbocycles. The zero-order valence-corrected chi connectivity index (χ0v) is 17.3. The molecule has 0 atom stereocenters. The fourth-order valence-electron chi connectivity index (χ4n) is 2.57. The second kappa shape index (κ2) is 8.33. The molecule has 11 heteroatoms. The van der Waals surface area contributed by atoms with Crippen molar-refractivity contribution in [3.63, 3.8) is 0 Å². The fourth-order valence-corrected chi connectivity index (χ4v) is 3.66. The molecule has 0 saturated heterocycles. The van der Waals surface area contributed by atoms with Crippen LogP contribution in [-0.2, 0) is 10.0 Å². The molecule has 1 aromatic heterocycles. The molecule has 156 valence electrons. The summed E-state index contributed by atoms with van der Waals surface area (Å²) in [4.78, 5) is 20.7. The van der Waals surface area contributed by atoms with Gasteiger partial charge in [-0.05, 0) is 37.3 Å². The molecule has 2 N–H and O–H groups in total. The number of sulfonamides is 1. The van der Waals surface area contributed by atoms with Crippen molar-refractivity contribution in [2.24, 2.45) is 0 Å². The average molecular weight is 428 g/mol. The number of rotatable bonds is 7. The van der Waals surface area contributed by atoms with Crippen molar-refractivity contribution in [3.05, 3.63) is 70.4 Å². The maximum atomic E-state index is 12.5. The lowest BCUT2D eigenvalue weighted by Crippen LogP contribution is -2.13. The third-order valence-corrected chi connectivity index (χ3v) is 5.41. The quantitative estimate of drug-likeness (QED) is 0.433. The normalized spacial score (nSPS) is 11.0. The Morgan fingerprint density at radius 2 is 1.67 bits per heavy atom. The summed E-state index contributed by atoms with van der Waals surface area (Å²) in [5.74, 6) is 1.18. The van der Waals surface area contributed by atoms with E-state index in [9.17, 15) is 18.5 Å². The van der Waals surface area contributed by atoms with Gasteiger partial charge in [0.2, 0.25) is 5.95 Å². The van der Waals surface area contributed by atoms with Crippen LogP contribution in [0.5, 0.6) is 0 Å². The largest absolute Gasteiger partial charge is 0.363 e. The van der Waals surface area contributed by atoms with Gasteiger partial charge >= 0.3 is 0 Å². The molecule has 0 aliphatic carbocycles. The Hall–Kier alpha value is -3.73. The first-order valence-corrected chi connectivity index (χ1v) is 10.3. The smallest absolute Gasteiger partial charge is 0.270 e. The molecular weight excluding hydrogens is 408 g/mol. The van der Waals surface area contributed by atoms with Crippen molar-refractivity contribution in [3.8, 4) is 0 Å². The number of nitro benzene ring substituents is 1. The molecule has 0 aliphatic rings. The van der Waals surface area contributed by atoms with E-state index in [1.54, 1.807) is 24.3 Å².